The molecule has 1 unspecified atom stereocenters. The summed E-state index contributed by atoms with van der Waals surface area (Å²) in [6.45, 7) is 1.95. The Morgan fingerprint density at radius 1 is 1.24 bits per heavy atom. The van der Waals surface area contributed by atoms with Gasteiger partial charge in [0.15, 0.2) is 0 Å². The first-order chi connectivity index (χ1) is 13.9. The summed E-state index contributed by atoms with van der Waals surface area (Å²) in [6.07, 6.45) is 1.74. The van der Waals surface area contributed by atoms with Crippen LogP contribution in [0.15, 0.2) is 53.4 Å². The minimum Gasteiger partial charge on any atom is -0.489 e. The number of carbonyl (C=O) groups excluding carboxylic acids is 2. The second kappa shape index (κ2) is 9.43. The maximum absolute atomic E-state index is 12.6. The lowest BCUT2D eigenvalue weighted by atomic mass is 10.2. The third-order valence-corrected chi connectivity index (χ3v) is 5.98. The van der Waals surface area contributed by atoms with E-state index in [1.54, 1.807) is 13.0 Å². The van der Waals surface area contributed by atoms with Gasteiger partial charge in [-0.1, -0.05) is 65.9 Å². The third kappa shape index (κ3) is 4.98. The van der Waals surface area contributed by atoms with E-state index in [1.807, 2.05) is 48.5 Å². The molecule has 2 aromatic rings. The van der Waals surface area contributed by atoms with Crippen molar-refractivity contribution < 1.29 is 19.1 Å². The quantitative estimate of drug-likeness (QED) is 0.364. The van der Waals surface area contributed by atoms with Gasteiger partial charge in [0.1, 0.15) is 22.7 Å². The molecule has 0 radical (unpaired) electrons. The molecule has 0 aromatic heterocycles. The Morgan fingerprint density at radius 2 is 1.93 bits per heavy atom. The van der Waals surface area contributed by atoms with Crippen LogP contribution in [-0.4, -0.2) is 34.2 Å². The van der Waals surface area contributed by atoms with Crippen molar-refractivity contribution in [2.45, 2.75) is 19.6 Å². The molecule has 1 fully saturated rings. The molecule has 0 saturated carbocycles. The van der Waals surface area contributed by atoms with Crippen molar-refractivity contribution in [3.8, 4) is 5.75 Å². The molecule has 1 amide bonds. The maximum Gasteiger partial charge on any atom is 0.328 e. The van der Waals surface area contributed by atoms with Crippen LogP contribution in [0.5, 0.6) is 5.75 Å². The number of esters is 1. The number of methoxy groups -OCH3 is 1. The monoisotopic (exact) mass is 447 g/mol. The molecule has 29 heavy (non-hydrogen) atoms. The Hall–Kier alpha value is -2.35. The number of thiocarbonyl (C=S) groups is 1. The third-order valence-electron chi connectivity index (χ3n) is 4.28. The van der Waals surface area contributed by atoms with Crippen LogP contribution in [-0.2, 0) is 20.9 Å². The second-order valence-electron chi connectivity index (χ2n) is 6.20. The average Bonchev–Trinajstić information content (AvgIpc) is 3.00. The summed E-state index contributed by atoms with van der Waals surface area (Å²) >= 11 is 12.6. The first-order valence-corrected chi connectivity index (χ1v) is 10.3. The van der Waals surface area contributed by atoms with E-state index in [-0.39, 0.29) is 5.91 Å². The number of hydrogen-bond acceptors (Lipinski definition) is 6. The van der Waals surface area contributed by atoms with Gasteiger partial charge < -0.3 is 9.47 Å². The fourth-order valence-electron chi connectivity index (χ4n) is 2.68. The summed E-state index contributed by atoms with van der Waals surface area (Å²) in [5.41, 5.74) is 1.72. The molecule has 1 atom stereocenters. The Balaban J connectivity index is 1.68. The van der Waals surface area contributed by atoms with Crippen LogP contribution in [0.2, 0.25) is 5.02 Å². The van der Waals surface area contributed by atoms with E-state index in [0.717, 1.165) is 22.9 Å². The van der Waals surface area contributed by atoms with Crippen molar-refractivity contribution in [1.82, 2.24) is 4.90 Å². The van der Waals surface area contributed by atoms with Crippen LogP contribution < -0.4 is 4.74 Å². The van der Waals surface area contributed by atoms with Crippen LogP contribution in [0.3, 0.4) is 0 Å². The van der Waals surface area contributed by atoms with Crippen LogP contribution >= 0.6 is 35.6 Å². The Kier molecular flexibility index (Phi) is 6.95. The second-order valence-corrected chi connectivity index (χ2v) is 8.28. The SMILES string of the molecule is COC(=O)C(C)N1C(=O)/C(=C/c2ccc(OCc3ccccc3Cl)cc2)SC1=S. The molecular formula is C21H18ClNO4S2. The lowest BCUT2D eigenvalue weighted by Gasteiger charge is -2.20. The molecule has 8 heteroatoms. The smallest absolute Gasteiger partial charge is 0.328 e. The number of halogens is 1. The minimum atomic E-state index is -0.765. The number of amides is 1. The van der Waals surface area contributed by atoms with E-state index in [9.17, 15) is 9.59 Å². The van der Waals surface area contributed by atoms with E-state index in [1.165, 1.54) is 12.0 Å². The summed E-state index contributed by atoms with van der Waals surface area (Å²) in [6, 6.07) is 14.1. The van der Waals surface area contributed by atoms with Gasteiger partial charge in [-0.15, -0.1) is 0 Å². The summed E-state index contributed by atoms with van der Waals surface area (Å²) < 4.78 is 10.8. The van der Waals surface area contributed by atoms with Crippen molar-refractivity contribution in [2.75, 3.05) is 7.11 Å². The van der Waals surface area contributed by atoms with E-state index >= 15 is 0 Å². The fourth-order valence-corrected chi connectivity index (χ4v) is 4.29. The van der Waals surface area contributed by atoms with Crippen LogP contribution in [0.25, 0.3) is 6.08 Å². The highest BCUT2D eigenvalue weighted by Crippen LogP contribution is 2.34. The topological polar surface area (TPSA) is 55.8 Å². The predicted molar refractivity (Wildman–Crippen MR) is 119 cm³/mol. The average molecular weight is 448 g/mol. The van der Waals surface area contributed by atoms with Crippen LogP contribution in [0.4, 0.5) is 0 Å². The van der Waals surface area contributed by atoms with Gasteiger partial charge in [0, 0.05) is 10.6 Å². The van der Waals surface area contributed by atoms with Crippen molar-refractivity contribution in [2.24, 2.45) is 0 Å². The molecule has 0 aliphatic carbocycles. The van der Waals surface area contributed by atoms with Crippen molar-refractivity contribution >= 4 is 57.9 Å². The zero-order valence-electron chi connectivity index (χ0n) is 15.8. The number of carbonyl (C=O) groups is 2. The van der Waals surface area contributed by atoms with E-state index in [4.69, 9.17) is 33.3 Å². The molecule has 0 N–H and O–H groups in total. The number of rotatable bonds is 6. The molecule has 2 aromatic carbocycles. The van der Waals surface area contributed by atoms with Gasteiger partial charge >= 0.3 is 5.97 Å². The largest absolute Gasteiger partial charge is 0.489 e. The highest BCUT2D eigenvalue weighted by Gasteiger charge is 2.38. The Morgan fingerprint density at radius 3 is 2.59 bits per heavy atom. The molecule has 1 saturated heterocycles. The van der Waals surface area contributed by atoms with E-state index in [2.05, 4.69) is 0 Å². The summed E-state index contributed by atoms with van der Waals surface area (Å²) in [4.78, 5) is 26.1. The van der Waals surface area contributed by atoms with Crippen LogP contribution in [0, 0.1) is 0 Å². The lowest BCUT2D eigenvalue weighted by Crippen LogP contribution is -2.42. The minimum absolute atomic E-state index is 0.308. The van der Waals surface area contributed by atoms with Gasteiger partial charge in [-0.2, -0.15) is 0 Å². The van der Waals surface area contributed by atoms with Crippen molar-refractivity contribution in [3.63, 3.8) is 0 Å². The number of benzene rings is 2. The van der Waals surface area contributed by atoms with Gasteiger partial charge in [-0.25, -0.2) is 4.79 Å². The number of nitrogens with zero attached hydrogens (tertiary/aromatic N) is 1. The van der Waals surface area contributed by atoms with Gasteiger partial charge in [-0.3, -0.25) is 9.69 Å². The standard InChI is InChI=1S/C21H18ClNO4S2/c1-13(20(25)26-2)23-19(24)18(29-21(23)28)11-14-7-9-16(10-8-14)27-12-15-5-3-4-6-17(15)22/h3-11,13H,12H2,1-2H3/b18-11-. The van der Waals surface area contributed by atoms with Crippen molar-refractivity contribution in [1.29, 1.82) is 0 Å². The number of hydrogen-bond donors (Lipinski definition) is 0. The fraction of sp³-hybridized carbons (Fsp3) is 0.190. The lowest BCUT2D eigenvalue weighted by molar-refractivity contribution is -0.147. The summed E-state index contributed by atoms with van der Waals surface area (Å²) in [5.74, 6) is -0.131. The van der Waals surface area contributed by atoms with Gasteiger partial charge in [0.2, 0.25) is 0 Å². The maximum atomic E-state index is 12.6. The number of ether oxygens (including phenoxy) is 2. The first kappa shape index (κ1) is 21.4. The molecule has 1 aliphatic rings. The molecule has 0 spiro atoms. The Bertz CT molecular complexity index is 975. The number of thioether (sulfide) groups is 1. The van der Waals surface area contributed by atoms with E-state index in [0.29, 0.717) is 26.6 Å². The van der Waals surface area contributed by atoms with Crippen molar-refractivity contribution in [3.05, 3.63) is 69.6 Å². The van der Waals surface area contributed by atoms with Gasteiger partial charge in [-0.05, 0) is 36.8 Å². The first-order valence-electron chi connectivity index (χ1n) is 8.72. The molecule has 150 valence electrons. The zero-order chi connectivity index (χ0) is 21.0. The molecule has 0 bridgehead atoms. The van der Waals surface area contributed by atoms with Crippen LogP contribution in [0.1, 0.15) is 18.1 Å². The predicted octanol–water partition coefficient (Wildman–Crippen LogP) is 4.68. The van der Waals surface area contributed by atoms with E-state index < -0.39 is 12.0 Å². The highest BCUT2D eigenvalue weighted by molar-refractivity contribution is 8.26. The Labute approximate surface area is 183 Å². The van der Waals surface area contributed by atoms with Gasteiger partial charge in [0.25, 0.3) is 5.91 Å². The summed E-state index contributed by atoms with van der Waals surface area (Å²) in [7, 11) is 1.28. The van der Waals surface area contributed by atoms with Gasteiger partial charge in [0.05, 0.1) is 12.0 Å². The molecule has 3 rings (SSSR count). The summed E-state index contributed by atoms with van der Waals surface area (Å²) in [5, 5.41) is 0.660. The zero-order valence-corrected chi connectivity index (χ0v) is 18.1. The molecule has 5 nitrogen and oxygen atoms in total. The molecular weight excluding hydrogens is 430 g/mol. The molecule has 1 aliphatic heterocycles. The molecule has 1 heterocycles. The highest BCUT2D eigenvalue weighted by atomic mass is 35.5. The normalized spacial score (nSPS) is 16.2.